The van der Waals surface area contributed by atoms with Gasteiger partial charge in [0.05, 0.1) is 0 Å². The molecule has 0 fully saturated rings. The summed E-state index contributed by atoms with van der Waals surface area (Å²) in [6.07, 6.45) is 1.16. The van der Waals surface area contributed by atoms with Crippen LogP contribution in [0.4, 0.5) is 4.39 Å². The number of hydrogen-bond acceptors (Lipinski definition) is 3. The van der Waals surface area contributed by atoms with Gasteiger partial charge < -0.3 is 10.5 Å². The molecular formula is C12H9FN2O2. The van der Waals surface area contributed by atoms with E-state index < -0.39 is 11.7 Å². The van der Waals surface area contributed by atoms with Crippen molar-refractivity contribution in [2.24, 2.45) is 5.73 Å². The molecule has 2 rings (SSSR count). The van der Waals surface area contributed by atoms with Crippen molar-refractivity contribution >= 4 is 5.91 Å². The summed E-state index contributed by atoms with van der Waals surface area (Å²) in [5.41, 5.74) is 4.86. The van der Waals surface area contributed by atoms with Gasteiger partial charge in [-0.1, -0.05) is 18.2 Å². The van der Waals surface area contributed by atoms with Crippen LogP contribution in [-0.2, 0) is 0 Å². The molecule has 1 heterocycles. The van der Waals surface area contributed by atoms with Crippen molar-refractivity contribution in [3.63, 3.8) is 0 Å². The van der Waals surface area contributed by atoms with Crippen molar-refractivity contribution in [3.8, 4) is 11.5 Å². The summed E-state index contributed by atoms with van der Waals surface area (Å²) in [5.74, 6) is -1.37. The first-order valence-electron chi connectivity index (χ1n) is 4.85. The number of aromatic nitrogens is 1. The monoisotopic (exact) mass is 232 g/mol. The molecule has 0 spiro atoms. The molecule has 0 aliphatic carbocycles. The summed E-state index contributed by atoms with van der Waals surface area (Å²) in [6.45, 7) is 0. The number of halogens is 1. The summed E-state index contributed by atoms with van der Waals surface area (Å²) >= 11 is 0. The van der Waals surface area contributed by atoms with Gasteiger partial charge in [0.15, 0.2) is 17.3 Å². The number of primary amides is 1. The minimum Gasteiger partial charge on any atom is -0.452 e. The molecule has 2 aromatic rings. The number of ether oxygens (including phenoxy) is 1. The van der Waals surface area contributed by atoms with E-state index in [1.807, 2.05) is 0 Å². The van der Waals surface area contributed by atoms with Crippen LogP contribution in [0.1, 0.15) is 10.5 Å². The lowest BCUT2D eigenvalue weighted by Crippen LogP contribution is -2.15. The van der Waals surface area contributed by atoms with Gasteiger partial charge in [-0.15, -0.1) is 0 Å². The summed E-state index contributed by atoms with van der Waals surface area (Å²) in [5, 5.41) is 0. The fraction of sp³-hybridized carbons (Fsp3) is 0. The molecule has 2 N–H and O–H groups in total. The van der Waals surface area contributed by atoms with Gasteiger partial charge in [-0.3, -0.25) is 4.79 Å². The molecule has 1 amide bonds. The third-order valence-electron chi connectivity index (χ3n) is 2.05. The Morgan fingerprint density at radius 2 is 1.94 bits per heavy atom. The summed E-state index contributed by atoms with van der Waals surface area (Å²) < 4.78 is 18.8. The number of para-hydroxylation sites is 1. The highest BCUT2D eigenvalue weighted by atomic mass is 19.1. The van der Waals surface area contributed by atoms with Gasteiger partial charge in [0.1, 0.15) is 5.75 Å². The lowest BCUT2D eigenvalue weighted by Gasteiger charge is -2.08. The van der Waals surface area contributed by atoms with E-state index in [4.69, 9.17) is 10.5 Å². The standard InChI is InChI=1S/C12H9FN2O2/c13-9-6-7-15-10(12(14)16)11(9)17-8-4-2-1-3-5-8/h1-7H,(H2,14,16). The minimum absolute atomic E-state index is 0.228. The smallest absolute Gasteiger partial charge is 0.271 e. The van der Waals surface area contributed by atoms with E-state index in [1.54, 1.807) is 30.3 Å². The van der Waals surface area contributed by atoms with Gasteiger partial charge in [-0.2, -0.15) is 0 Å². The van der Waals surface area contributed by atoms with Crippen LogP contribution < -0.4 is 10.5 Å². The van der Waals surface area contributed by atoms with Crippen LogP contribution in [0.3, 0.4) is 0 Å². The Bertz CT molecular complexity index is 543. The van der Waals surface area contributed by atoms with E-state index in [2.05, 4.69) is 4.98 Å². The van der Waals surface area contributed by atoms with Gasteiger partial charge in [0.25, 0.3) is 5.91 Å². The number of amides is 1. The van der Waals surface area contributed by atoms with E-state index in [0.29, 0.717) is 5.75 Å². The molecule has 0 aliphatic rings. The Labute approximate surface area is 96.9 Å². The molecule has 0 saturated heterocycles. The lowest BCUT2D eigenvalue weighted by atomic mass is 10.3. The van der Waals surface area contributed by atoms with Crippen molar-refractivity contribution in [2.45, 2.75) is 0 Å². The first kappa shape index (κ1) is 11.1. The van der Waals surface area contributed by atoms with Gasteiger partial charge in [-0.25, -0.2) is 9.37 Å². The number of nitrogens with zero attached hydrogens (tertiary/aromatic N) is 1. The van der Waals surface area contributed by atoms with Crippen LogP contribution in [-0.4, -0.2) is 10.9 Å². The molecule has 0 unspecified atom stereocenters. The first-order chi connectivity index (χ1) is 8.18. The van der Waals surface area contributed by atoms with E-state index in [0.717, 1.165) is 12.3 Å². The fourth-order valence-electron chi connectivity index (χ4n) is 1.30. The molecule has 1 aromatic carbocycles. The normalized spacial score (nSPS) is 9.94. The van der Waals surface area contributed by atoms with Crippen LogP contribution in [0.15, 0.2) is 42.6 Å². The zero-order valence-electron chi connectivity index (χ0n) is 8.76. The number of carbonyl (C=O) groups is 1. The quantitative estimate of drug-likeness (QED) is 0.881. The summed E-state index contributed by atoms with van der Waals surface area (Å²) in [7, 11) is 0. The highest BCUT2D eigenvalue weighted by Gasteiger charge is 2.16. The van der Waals surface area contributed by atoms with Gasteiger partial charge in [0.2, 0.25) is 0 Å². The van der Waals surface area contributed by atoms with Gasteiger partial charge in [0, 0.05) is 6.20 Å². The number of nitrogens with two attached hydrogens (primary N) is 1. The van der Waals surface area contributed by atoms with Gasteiger partial charge >= 0.3 is 0 Å². The molecule has 1 aromatic heterocycles. The maximum atomic E-state index is 13.5. The second-order valence-electron chi connectivity index (χ2n) is 3.25. The molecule has 17 heavy (non-hydrogen) atoms. The number of carbonyl (C=O) groups excluding carboxylic acids is 1. The number of hydrogen-bond donors (Lipinski definition) is 1. The fourth-order valence-corrected chi connectivity index (χ4v) is 1.30. The zero-order chi connectivity index (χ0) is 12.3. The average Bonchev–Trinajstić information content (AvgIpc) is 2.33. The molecule has 5 heteroatoms. The maximum Gasteiger partial charge on any atom is 0.271 e. The van der Waals surface area contributed by atoms with E-state index >= 15 is 0 Å². The molecule has 4 nitrogen and oxygen atoms in total. The minimum atomic E-state index is -0.838. The highest BCUT2D eigenvalue weighted by molar-refractivity contribution is 5.93. The Kier molecular flexibility index (Phi) is 3.00. The summed E-state index contributed by atoms with van der Waals surface area (Å²) in [6, 6.07) is 9.63. The average molecular weight is 232 g/mol. The third kappa shape index (κ3) is 2.39. The first-order valence-corrected chi connectivity index (χ1v) is 4.85. The lowest BCUT2D eigenvalue weighted by molar-refractivity contribution is 0.0992. The van der Waals surface area contributed by atoms with Gasteiger partial charge in [-0.05, 0) is 18.2 Å². The van der Waals surface area contributed by atoms with Crippen LogP contribution in [0.2, 0.25) is 0 Å². The zero-order valence-corrected chi connectivity index (χ0v) is 8.76. The van der Waals surface area contributed by atoms with Crippen molar-refractivity contribution in [1.82, 2.24) is 4.98 Å². The predicted molar refractivity (Wildman–Crippen MR) is 59.2 cm³/mol. The Hall–Kier alpha value is -2.43. The molecule has 0 bridgehead atoms. The number of benzene rings is 1. The van der Waals surface area contributed by atoms with Crippen LogP contribution in [0.5, 0.6) is 11.5 Å². The molecule has 0 aliphatic heterocycles. The predicted octanol–water partition coefficient (Wildman–Crippen LogP) is 2.11. The van der Waals surface area contributed by atoms with Crippen molar-refractivity contribution < 1.29 is 13.9 Å². The molecule has 86 valence electrons. The third-order valence-corrected chi connectivity index (χ3v) is 2.05. The van der Waals surface area contributed by atoms with E-state index in [9.17, 15) is 9.18 Å². The Balaban J connectivity index is 2.41. The number of rotatable bonds is 3. The Morgan fingerprint density at radius 3 is 2.59 bits per heavy atom. The van der Waals surface area contributed by atoms with E-state index in [-0.39, 0.29) is 11.4 Å². The molecule has 0 radical (unpaired) electrons. The molecule has 0 atom stereocenters. The SMILES string of the molecule is NC(=O)c1nccc(F)c1Oc1ccccc1. The largest absolute Gasteiger partial charge is 0.452 e. The van der Waals surface area contributed by atoms with Crippen molar-refractivity contribution in [3.05, 3.63) is 54.1 Å². The second kappa shape index (κ2) is 4.61. The van der Waals surface area contributed by atoms with Crippen LogP contribution >= 0.6 is 0 Å². The molecular weight excluding hydrogens is 223 g/mol. The van der Waals surface area contributed by atoms with Crippen LogP contribution in [0.25, 0.3) is 0 Å². The van der Waals surface area contributed by atoms with Crippen molar-refractivity contribution in [2.75, 3.05) is 0 Å². The Morgan fingerprint density at radius 1 is 1.24 bits per heavy atom. The second-order valence-corrected chi connectivity index (χ2v) is 3.25. The topological polar surface area (TPSA) is 65.2 Å². The molecule has 0 saturated carbocycles. The maximum absolute atomic E-state index is 13.5. The van der Waals surface area contributed by atoms with Crippen LogP contribution in [0, 0.1) is 5.82 Å². The number of pyridine rings is 1. The summed E-state index contributed by atoms with van der Waals surface area (Å²) in [4.78, 5) is 14.8. The van der Waals surface area contributed by atoms with E-state index in [1.165, 1.54) is 0 Å². The highest BCUT2D eigenvalue weighted by Crippen LogP contribution is 2.26. The van der Waals surface area contributed by atoms with Crippen molar-refractivity contribution in [1.29, 1.82) is 0 Å².